The molecule has 156 valence electrons. The van der Waals surface area contributed by atoms with Crippen LogP contribution >= 0.6 is 0 Å². The molecular formula is C19H29N3O6. The van der Waals surface area contributed by atoms with E-state index in [1.807, 2.05) is 20.8 Å². The molecule has 2 N–H and O–H groups in total. The fourth-order valence-corrected chi connectivity index (χ4v) is 2.96. The Hall–Kier alpha value is -2.55. The van der Waals surface area contributed by atoms with Gasteiger partial charge in [-0.1, -0.05) is 0 Å². The average Bonchev–Trinajstić information content (AvgIpc) is 3.06. The molecule has 1 atom stereocenters. The fourth-order valence-electron chi connectivity index (χ4n) is 2.96. The van der Waals surface area contributed by atoms with E-state index in [4.69, 9.17) is 4.74 Å². The molecule has 1 aliphatic heterocycles. The van der Waals surface area contributed by atoms with Crippen LogP contribution in [0.25, 0.3) is 0 Å². The van der Waals surface area contributed by atoms with Crippen LogP contribution in [0.15, 0.2) is 6.20 Å². The summed E-state index contributed by atoms with van der Waals surface area (Å²) in [5.41, 5.74) is 1.57. The molecule has 0 saturated carbocycles. The lowest BCUT2D eigenvalue weighted by Crippen LogP contribution is -2.40. The Morgan fingerprint density at radius 1 is 1.36 bits per heavy atom. The minimum absolute atomic E-state index is 0.0713. The molecule has 0 bridgehead atoms. The van der Waals surface area contributed by atoms with Crippen LogP contribution < -0.4 is 0 Å². The van der Waals surface area contributed by atoms with Crippen LogP contribution in [-0.2, 0) is 27.2 Å². The Labute approximate surface area is 164 Å². The maximum atomic E-state index is 12.8. The minimum atomic E-state index is -1.28. The fraction of sp³-hybridized carbons (Fsp3) is 0.632. The summed E-state index contributed by atoms with van der Waals surface area (Å²) in [7, 11) is 2.79. The van der Waals surface area contributed by atoms with Gasteiger partial charge in [-0.25, -0.2) is 9.59 Å². The molecule has 1 aromatic rings. The van der Waals surface area contributed by atoms with E-state index >= 15 is 0 Å². The van der Waals surface area contributed by atoms with E-state index in [-0.39, 0.29) is 25.4 Å². The van der Waals surface area contributed by atoms with Crippen molar-refractivity contribution in [1.29, 1.82) is 0 Å². The summed E-state index contributed by atoms with van der Waals surface area (Å²) in [6.45, 7) is 6.41. The molecule has 2 heterocycles. The molecule has 1 unspecified atom stereocenters. The van der Waals surface area contributed by atoms with Gasteiger partial charge in [0.1, 0.15) is 11.3 Å². The van der Waals surface area contributed by atoms with Crippen LogP contribution in [-0.4, -0.2) is 76.8 Å². The third-order valence-electron chi connectivity index (χ3n) is 4.50. The highest BCUT2D eigenvalue weighted by Crippen LogP contribution is 2.25. The molecule has 9 nitrogen and oxygen atoms in total. The van der Waals surface area contributed by atoms with Gasteiger partial charge < -0.3 is 29.4 Å². The molecule has 0 saturated heterocycles. The summed E-state index contributed by atoms with van der Waals surface area (Å²) >= 11 is 0. The third-order valence-corrected chi connectivity index (χ3v) is 4.50. The first kappa shape index (κ1) is 21.7. The average molecular weight is 395 g/mol. The number of amides is 2. The van der Waals surface area contributed by atoms with Gasteiger partial charge in [0.25, 0.3) is 5.91 Å². The van der Waals surface area contributed by atoms with E-state index in [1.165, 1.54) is 12.0 Å². The van der Waals surface area contributed by atoms with Crippen LogP contribution in [0.1, 0.15) is 48.8 Å². The number of ether oxygens (including phenoxy) is 2. The monoisotopic (exact) mass is 395 g/mol. The molecule has 2 rings (SSSR count). The van der Waals surface area contributed by atoms with Crippen molar-refractivity contribution in [2.24, 2.45) is 0 Å². The van der Waals surface area contributed by atoms with Crippen LogP contribution in [0.2, 0.25) is 0 Å². The number of fused-ring (bicyclic) bond motifs is 1. The highest BCUT2D eigenvalue weighted by molar-refractivity contribution is 5.94. The molecule has 0 spiro atoms. The number of aromatic nitrogens is 1. The van der Waals surface area contributed by atoms with Crippen molar-refractivity contribution in [3.8, 4) is 0 Å². The number of nitrogens with zero attached hydrogens (tertiary/aromatic N) is 2. The van der Waals surface area contributed by atoms with E-state index in [0.29, 0.717) is 18.7 Å². The van der Waals surface area contributed by atoms with Crippen molar-refractivity contribution >= 4 is 18.0 Å². The molecule has 9 heteroatoms. The summed E-state index contributed by atoms with van der Waals surface area (Å²) in [4.78, 5) is 42.4. The highest BCUT2D eigenvalue weighted by Gasteiger charge is 2.30. The number of aliphatic hydroxyl groups excluding tert-OH is 1. The predicted octanol–water partition coefficient (Wildman–Crippen LogP) is 1.30. The van der Waals surface area contributed by atoms with Crippen molar-refractivity contribution in [1.82, 2.24) is 14.8 Å². The number of H-pyrrole nitrogens is 1. The number of hydrogen-bond acceptors (Lipinski definition) is 6. The number of hydrogen-bond donors (Lipinski definition) is 2. The van der Waals surface area contributed by atoms with Crippen molar-refractivity contribution < 1.29 is 29.0 Å². The second-order valence-corrected chi connectivity index (χ2v) is 7.87. The summed E-state index contributed by atoms with van der Waals surface area (Å²) < 4.78 is 9.90. The second-order valence-electron chi connectivity index (χ2n) is 7.87. The van der Waals surface area contributed by atoms with Gasteiger partial charge in [0.15, 0.2) is 6.10 Å². The number of esters is 1. The zero-order valence-corrected chi connectivity index (χ0v) is 17.1. The largest absolute Gasteiger partial charge is 0.467 e. The lowest BCUT2D eigenvalue weighted by molar-refractivity contribution is -0.150. The van der Waals surface area contributed by atoms with Crippen molar-refractivity contribution in [2.75, 3.05) is 27.2 Å². The number of nitrogens with one attached hydrogen (secondary N) is 1. The molecule has 0 aliphatic carbocycles. The Morgan fingerprint density at radius 2 is 2.04 bits per heavy atom. The number of rotatable bonds is 5. The molecule has 1 aliphatic rings. The summed E-state index contributed by atoms with van der Waals surface area (Å²) in [5, 5.41) is 9.68. The number of aliphatic hydroxyl groups is 1. The molecule has 2 amide bonds. The first-order valence-electron chi connectivity index (χ1n) is 9.22. The first-order chi connectivity index (χ1) is 13.0. The standard InChI is InChI=1S/C19H29N3O6/c1-19(2,3)28-18(26)22-9-6-12-10-20-15(13(12)11-22)16(24)21(4)8-7-14(23)17(25)27-5/h10,14,20,23H,6-9,11H2,1-5H3. The summed E-state index contributed by atoms with van der Waals surface area (Å²) in [6.07, 6.45) is 0.796. The Balaban J connectivity index is 2.05. The van der Waals surface area contributed by atoms with E-state index in [1.54, 1.807) is 18.1 Å². The maximum absolute atomic E-state index is 12.8. The van der Waals surface area contributed by atoms with Gasteiger partial charge in [-0.15, -0.1) is 0 Å². The molecular weight excluding hydrogens is 366 g/mol. The van der Waals surface area contributed by atoms with Gasteiger partial charge in [-0.05, 0) is 32.8 Å². The van der Waals surface area contributed by atoms with Crippen LogP contribution in [0, 0.1) is 0 Å². The topological polar surface area (TPSA) is 112 Å². The van der Waals surface area contributed by atoms with Gasteiger partial charge >= 0.3 is 12.1 Å². The molecule has 0 aromatic carbocycles. The number of aromatic amines is 1. The van der Waals surface area contributed by atoms with Gasteiger partial charge in [0.2, 0.25) is 0 Å². The number of methoxy groups -OCH3 is 1. The smallest absolute Gasteiger partial charge is 0.410 e. The predicted molar refractivity (Wildman–Crippen MR) is 101 cm³/mol. The third kappa shape index (κ3) is 5.25. The quantitative estimate of drug-likeness (QED) is 0.727. The van der Waals surface area contributed by atoms with Crippen LogP contribution in [0.3, 0.4) is 0 Å². The molecule has 0 fully saturated rings. The van der Waals surface area contributed by atoms with Gasteiger partial charge in [0.05, 0.1) is 13.7 Å². The van der Waals surface area contributed by atoms with Gasteiger partial charge in [0, 0.05) is 38.3 Å². The molecule has 1 aromatic heterocycles. The normalized spacial score (nSPS) is 14.9. The minimum Gasteiger partial charge on any atom is -0.467 e. The van der Waals surface area contributed by atoms with Gasteiger partial charge in [-0.2, -0.15) is 0 Å². The van der Waals surface area contributed by atoms with Crippen molar-refractivity contribution in [3.05, 3.63) is 23.0 Å². The Morgan fingerprint density at radius 3 is 2.64 bits per heavy atom. The van der Waals surface area contributed by atoms with Crippen molar-refractivity contribution in [3.63, 3.8) is 0 Å². The van der Waals surface area contributed by atoms with Crippen molar-refractivity contribution in [2.45, 2.75) is 51.9 Å². The zero-order chi connectivity index (χ0) is 21.1. The lowest BCUT2D eigenvalue weighted by Gasteiger charge is -2.30. The SMILES string of the molecule is COC(=O)C(O)CCN(C)C(=O)c1[nH]cc2c1CN(C(=O)OC(C)(C)C)CC2. The zero-order valence-electron chi connectivity index (χ0n) is 17.1. The van der Waals surface area contributed by atoms with E-state index < -0.39 is 23.8 Å². The number of carbonyl (C=O) groups is 3. The lowest BCUT2D eigenvalue weighted by atomic mass is 10.0. The van der Waals surface area contributed by atoms with Crippen LogP contribution in [0.4, 0.5) is 4.79 Å². The first-order valence-corrected chi connectivity index (χ1v) is 9.22. The Bertz CT molecular complexity index is 737. The van der Waals surface area contributed by atoms with Crippen LogP contribution in [0.5, 0.6) is 0 Å². The summed E-state index contributed by atoms with van der Waals surface area (Å²) in [6, 6.07) is 0. The van der Waals surface area contributed by atoms with E-state index in [9.17, 15) is 19.5 Å². The summed E-state index contributed by atoms with van der Waals surface area (Å²) in [5.74, 6) is -1.00. The molecule has 0 radical (unpaired) electrons. The molecule has 28 heavy (non-hydrogen) atoms. The van der Waals surface area contributed by atoms with E-state index in [2.05, 4.69) is 9.72 Å². The highest BCUT2D eigenvalue weighted by atomic mass is 16.6. The second kappa shape index (κ2) is 8.64. The number of carbonyl (C=O) groups excluding carboxylic acids is 3. The Kier molecular flexibility index (Phi) is 6.71. The van der Waals surface area contributed by atoms with Gasteiger partial charge in [-0.3, -0.25) is 4.79 Å². The maximum Gasteiger partial charge on any atom is 0.410 e. The van der Waals surface area contributed by atoms with E-state index in [0.717, 1.165) is 11.1 Å².